The first-order valence-corrected chi connectivity index (χ1v) is 45.1. The van der Waals surface area contributed by atoms with Gasteiger partial charge in [0.15, 0.2) is 5.82 Å². The van der Waals surface area contributed by atoms with Crippen molar-refractivity contribution in [1.82, 2.24) is 49.8 Å². The molecule has 16 heteroatoms. The lowest BCUT2D eigenvalue weighted by Crippen LogP contribution is -2.41. The Bertz CT molecular complexity index is 7390. The van der Waals surface area contributed by atoms with Crippen molar-refractivity contribution in [3.8, 4) is 169 Å². The second-order valence-electron chi connectivity index (χ2n) is 34.9. The van der Waals surface area contributed by atoms with Gasteiger partial charge in [0.05, 0.1) is 67.6 Å². The third-order valence-corrected chi connectivity index (χ3v) is 26.7. The molecule has 0 unspecified atom stereocenters. The topological polar surface area (TPSA) is 166 Å². The first kappa shape index (κ1) is 82.0. The highest BCUT2D eigenvalue weighted by Gasteiger charge is 2.55. The maximum atomic E-state index is 7.19. The average molecular weight is 1750 g/mol. The van der Waals surface area contributed by atoms with E-state index in [1.165, 1.54) is 44.5 Å². The average Bonchev–Trinajstić information content (AvgIpc) is 1.51. The molecule has 5 aliphatic rings. The van der Waals surface area contributed by atoms with Gasteiger partial charge >= 0.3 is 7.12 Å². The number of fused-ring (bicyclic) bond motifs is 18. The van der Waals surface area contributed by atoms with Crippen molar-refractivity contribution in [2.24, 2.45) is 0 Å². The SMILES string of the molecule is CC1(C)OB(c2ccc3c(c2)Oc2cc(-c4cc(-c5cccnc5)nc(-c5cccnc5)c4)ccc2C32c3ccccc3-c3ccccc32)OC1(C)C.Clc1nc(-c2ccccc2)cc(-c2ccccc2)n1.c1ccc(-c2cc(-c3ccccc3)nc(-c3ccc4c(c3)Oc3cc(-c5cc(-c6cccnc6)nc(-c6cccnc6)c5)ccc3C43c4ccccc4-c4ccccc43)n2)cc1. The molecule has 0 atom stereocenters. The van der Waals surface area contributed by atoms with E-state index in [0.717, 1.165) is 169 Å². The Morgan fingerprint density at radius 2 is 0.500 bits per heavy atom. The maximum Gasteiger partial charge on any atom is 0.494 e. The normalized spacial score (nSPS) is 14.0. The molecule has 1 saturated heterocycles. The van der Waals surface area contributed by atoms with Crippen LogP contribution in [0.15, 0.2) is 426 Å². The van der Waals surface area contributed by atoms with Crippen LogP contribution < -0.4 is 14.9 Å². The summed E-state index contributed by atoms with van der Waals surface area (Å²) in [7, 11) is -0.519. The van der Waals surface area contributed by atoms with E-state index in [4.69, 9.17) is 50.3 Å². The van der Waals surface area contributed by atoms with Crippen LogP contribution in [0, 0.1) is 0 Å². The largest absolute Gasteiger partial charge is 0.494 e. The van der Waals surface area contributed by atoms with E-state index >= 15 is 0 Å². The van der Waals surface area contributed by atoms with Gasteiger partial charge in [-0.05, 0) is 221 Å². The van der Waals surface area contributed by atoms with Gasteiger partial charge in [0, 0.05) is 122 Å². The summed E-state index contributed by atoms with van der Waals surface area (Å²) in [6, 6.07) is 130. The van der Waals surface area contributed by atoms with E-state index in [2.05, 4.69) is 282 Å². The number of benzene rings is 12. The third kappa shape index (κ3) is 14.6. The second-order valence-corrected chi connectivity index (χ2v) is 35.3. The van der Waals surface area contributed by atoms with Gasteiger partial charge in [-0.1, -0.05) is 267 Å². The molecule has 0 amide bonds. The summed E-state index contributed by atoms with van der Waals surface area (Å²) in [5.74, 6) is 3.76. The number of nitrogens with zero attached hydrogens (tertiary/aromatic N) is 10. The van der Waals surface area contributed by atoms with Crippen LogP contribution >= 0.6 is 11.6 Å². The minimum Gasteiger partial charge on any atom is -0.457 e. The molecule has 2 aliphatic carbocycles. The molecule has 1 fully saturated rings. The fraction of sp³-hybridized carbons (Fsp3) is 0.0678. The van der Waals surface area contributed by atoms with Crippen LogP contribution in [0.5, 0.6) is 23.0 Å². The Morgan fingerprint density at radius 3 is 0.828 bits per heavy atom. The van der Waals surface area contributed by atoms with Crippen LogP contribution in [0.2, 0.25) is 5.28 Å². The minimum absolute atomic E-state index is 0.264. The zero-order chi connectivity index (χ0) is 90.1. The highest BCUT2D eigenvalue weighted by atomic mass is 35.5. The molecule has 2 spiro atoms. The molecular weight excluding hydrogens is 1670 g/mol. The molecule has 25 rings (SSSR count). The van der Waals surface area contributed by atoms with Gasteiger partial charge in [-0.15, -0.1) is 0 Å². The third-order valence-electron chi connectivity index (χ3n) is 26.5. The van der Waals surface area contributed by atoms with Crippen LogP contribution in [0.3, 0.4) is 0 Å². The predicted octanol–water partition coefficient (Wildman–Crippen LogP) is 27.2. The fourth-order valence-corrected chi connectivity index (χ4v) is 19.7. The molecule has 3 aliphatic heterocycles. The van der Waals surface area contributed by atoms with Crippen molar-refractivity contribution in [1.29, 1.82) is 0 Å². The van der Waals surface area contributed by atoms with Crippen molar-refractivity contribution in [2.75, 3.05) is 0 Å². The Balaban J connectivity index is 0.000000128. The fourth-order valence-electron chi connectivity index (χ4n) is 19.5. The Kier molecular flexibility index (Phi) is 20.7. The summed E-state index contributed by atoms with van der Waals surface area (Å²) in [6.45, 7) is 8.33. The van der Waals surface area contributed by atoms with Gasteiger partial charge in [0.25, 0.3) is 0 Å². The van der Waals surface area contributed by atoms with Crippen LogP contribution in [0.25, 0.3) is 146 Å². The van der Waals surface area contributed by atoms with E-state index in [-0.39, 0.29) is 5.28 Å². The highest BCUT2D eigenvalue weighted by Crippen LogP contribution is 2.65. The molecule has 20 aromatic rings. The standard InChI is InChI=1S/C56H35N5O.C46H36BN3O3.C16H11ClN2/c1-3-13-36(14-4-1)51-33-52(37-15-5-2-6-16-37)61-55(60-51)39-24-26-48-54(32-39)62-53-31-38(23-25-47(53)56(48)45-21-9-7-19-43(45)44-20-8-10-22-46(44)56)42-29-49(40-17-11-27-57-34-40)59-50(30-42)41-18-12-28-58-35-41;1-44(2)45(3,4)53-47(52-44)33-18-20-39-43(26-33)51-42-25-29(17-19-38(42)46(39)36-15-7-5-13-34(36)35-14-6-8-16-37(35)46)32-23-40(30-11-9-21-48-27-30)50-41(24-32)31-12-10-22-49-28-31;17-16-18-14(12-7-3-1-4-8-12)11-15(19-16)13-9-5-2-6-10-13/h1-35H;5-28H,1-4H3;1-11H. The molecule has 0 N–H and O–H groups in total. The summed E-state index contributed by atoms with van der Waals surface area (Å²) in [5.41, 5.74) is 32.4. The van der Waals surface area contributed by atoms with Crippen molar-refractivity contribution < 1.29 is 18.8 Å². The number of halogens is 1. The van der Waals surface area contributed by atoms with Crippen LogP contribution in [-0.2, 0) is 20.1 Å². The highest BCUT2D eigenvalue weighted by molar-refractivity contribution is 6.62. The van der Waals surface area contributed by atoms with Gasteiger partial charge < -0.3 is 18.8 Å². The molecule has 134 heavy (non-hydrogen) atoms. The monoisotopic (exact) mass is 1750 g/mol. The van der Waals surface area contributed by atoms with Gasteiger partial charge in [0.1, 0.15) is 23.0 Å². The number of hydrogen-bond acceptors (Lipinski definition) is 14. The zero-order valence-electron chi connectivity index (χ0n) is 73.5. The van der Waals surface area contributed by atoms with E-state index < -0.39 is 29.2 Å². The van der Waals surface area contributed by atoms with Gasteiger partial charge in [-0.2, -0.15) is 0 Å². The van der Waals surface area contributed by atoms with Crippen molar-refractivity contribution in [2.45, 2.75) is 49.7 Å². The van der Waals surface area contributed by atoms with Crippen molar-refractivity contribution >= 4 is 24.2 Å². The quantitative estimate of drug-likeness (QED) is 0.0837. The molecule has 12 aromatic carbocycles. The van der Waals surface area contributed by atoms with E-state index in [9.17, 15) is 0 Å². The van der Waals surface area contributed by atoms with Crippen molar-refractivity contribution in [3.63, 3.8) is 0 Å². The Morgan fingerprint density at radius 1 is 0.224 bits per heavy atom. The summed E-state index contributed by atoms with van der Waals surface area (Å²) in [4.78, 5) is 46.7. The summed E-state index contributed by atoms with van der Waals surface area (Å²) < 4.78 is 27.3. The van der Waals surface area contributed by atoms with Gasteiger partial charge in [-0.3, -0.25) is 19.9 Å². The second kappa shape index (κ2) is 33.8. The molecule has 638 valence electrons. The maximum absolute atomic E-state index is 7.19. The van der Waals surface area contributed by atoms with Gasteiger partial charge in [-0.25, -0.2) is 29.9 Å². The molecule has 0 radical (unpaired) electrons. The summed E-state index contributed by atoms with van der Waals surface area (Å²) in [5, 5.41) is 0.264. The molecule has 0 saturated carbocycles. The van der Waals surface area contributed by atoms with Crippen LogP contribution in [0.1, 0.15) is 72.2 Å². The van der Waals surface area contributed by atoms with E-state index in [0.29, 0.717) is 5.82 Å². The lowest BCUT2D eigenvalue weighted by Gasteiger charge is -2.39. The Labute approximate surface area is 781 Å². The smallest absolute Gasteiger partial charge is 0.457 e. The van der Waals surface area contributed by atoms with Crippen LogP contribution in [-0.4, -0.2) is 68.2 Å². The number of hydrogen-bond donors (Lipinski definition) is 0. The summed E-state index contributed by atoms with van der Waals surface area (Å²) in [6.07, 6.45) is 14.5. The number of rotatable bonds is 12. The molecule has 8 aromatic heterocycles. The van der Waals surface area contributed by atoms with Crippen LogP contribution in [0.4, 0.5) is 0 Å². The zero-order valence-corrected chi connectivity index (χ0v) is 74.2. The Hall–Kier alpha value is -16.4. The lowest BCUT2D eigenvalue weighted by molar-refractivity contribution is 0.00578. The molecule has 11 heterocycles. The number of pyridine rings is 6. The minimum atomic E-state index is -0.644. The van der Waals surface area contributed by atoms with Crippen molar-refractivity contribution in [3.05, 3.63) is 475 Å². The molecule has 0 bridgehead atoms. The number of ether oxygens (including phenoxy) is 2. The predicted molar refractivity (Wildman–Crippen MR) is 533 cm³/mol. The molecule has 14 nitrogen and oxygen atoms in total. The lowest BCUT2D eigenvalue weighted by atomic mass is 9.65. The van der Waals surface area contributed by atoms with E-state index in [1.54, 1.807) is 24.8 Å². The first-order chi connectivity index (χ1) is 65.8. The van der Waals surface area contributed by atoms with Gasteiger partial charge in [0.2, 0.25) is 5.28 Å². The van der Waals surface area contributed by atoms with E-state index in [1.807, 2.05) is 176 Å². The summed E-state index contributed by atoms with van der Waals surface area (Å²) >= 11 is 6.03. The molecular formula is C118H82BClN10O4. The number of aromatic nitrogens is 10. The first-order valence-electron chi connectivity index (χ1n) is 44.8.